The molecule has 0 aliphatic rings. The Morgan fingerprint density at radius 2 is 1.81 bits per heavy atom. The number of carbonyl (C=O) groups is 1. The third-order valence-electron chi connectivity index (χ3n) is 2.64. The smallest absolute Gasteiger partial charge is 0.239 e. The Bertz CT molecular complexity index is 414. The zero-order valence-corrected chi connectivity index (χ0v) is 13.3. The van der Waals surface area contributed by atoms with E-state index in [4.69, 9.17) is 19.9 Å². The van der Waals surface area contributed by atoms with Crippen LogP contribution in [0.1, 0.15) is 6.92 Å². The van der Waals surface area contributed by atoms with Crippen molar-refractivity contribution in [1.82, 2.24) is 5.32 Å². The molecule has 0 aliphatic carbocycles. The molecule has 0 spiro atoms. The Morgan fingerprint density at radius 1 is 1.24 bits per heavy atom. The Balaban J connectivity index is 0.00000400. The highest BCUT2D eigenvalue weighted by Crippen LogP contribution is 2.17. The highest BCUT2D eigenvalue weighted by atomic mass is 35.5. The molecule has 3 N–H and O–H groups in total. The summed E-state index contributed by atoms with van der Waals surface area (Å²) in [5, 5.41) is 2.72. The molecule has 2 atom stereocenters. The Kier molecular flexibility index (Phi) is 9.53. The van der Waals surface area contributed by atoms with Crippen molar-refractivity contribution in [3.05, 3.63) is 24.3 Å². The molecule has 6 nitrogen and oxygen atoms in total. The Hall–Kier alpha value is -1.50. The molecular weight excluding hydrogens is 296 g/mol. The largest absolute Gasteiger partial charge is 0.497 e. The van der Waals surface area contributed by atoms with E-state index >= 15 is 0 Å². The van der Waals surface area contributed by atoms with Crippen molar-refractivity contribution in [3.63, 3.8) is 0 Å². The number of rotatable bonds is 8. The molecule has 7 heteroatoms. The summed E-state index contributed by atoms with van der Waals surface area (Å²) in [6, 6.07) is 6.60. The van der Waals surface area contributed by atoms with Crippen LogP contribution in [0.2, 0.25) is 0 Å². The summed E-state index contributed by atoms with van der Waals surface area (Å²) in [5.74, 6) is 1.23. The quantitative estimate of drug-likeness (QED) is 0.746. The maximum atomic E-state index is 11.6. The van der Waals surface area contributed by atoms with Gasteiger partial charge in [0.05, 0.1) is 20.3 Å². The van der Waals surface area contributed by atoms with Gasteiger partial charge in [0.2, 0.25) is 5.91 Å². The lowest BCUT2D eigenvalue weighted by Crippen LogP contribution is -2.46. The van der Waals surface area contributed by atoms with Gasteiger partial charge in [0.1, 0.15) is 23.6 Å². The average molecular weight is 319 g/mol. The number of carbonyl (C=O) groups excluding carboxylic acids is 1. The van der Waals surface area contributed by atoms with Crippen LogP contribution < -0.4 is 20.5 Å². The molecule has 1 aromatic rings. The van der Waals surface area contributed by atoms with Gasteiger partial charge in [0.15, 0.2) is 0 Å². The maximum absolute atomic E-state index is 11.6. The SMILES string of the molecule is COCC(N)C(=O)NCC(C)Oc1ccc(OC)cc1.Cl. The van der Waals surface area contributed by atoms with Crippen LogP contribution in [0, 0.1) is 0 Å². The number of nitrogens with one attached hydrogen (secondary N) is 1. The van der Waals surface area contributed by atoms with Gasteiger partial charge in [-0.05, 0) is 31.2 Å². The van der Waals surface area contributed by atoms with Crippen LogP contribution in [0.3, 0.4) is 0 Å². The summed E-state index contributed by atoms with van der Waals surface area (Å²) in [6.45, 7) is 2.44. The summed E-state index contributed by atoms with van der Waals surface area (Å²) in [4.78, 5) is 11.6. The molecule has 2 unspecified atom stereocenters. The topological polar surface area (TPSA) is 82.8 Å². The lowest BCUT2D eigenvalue weighted by Gasteiger charge is -2.17. The van der Waals surface area contributed by atoms with Gasteiger partial charge in [-0.2, -0.15) is 0 Å². The minimum Gasteiger partial charge on any atom is -0.497 e. The van der Waals surface area contributed by atoms with Gasteiger partial charge < -0.3 is 25.3 Å². The molecule has 1 rings (SSSR count). The molecule has 0 aliphatic heterocycles. The van der Waals surface area contributed by atoms with Crippen molar-refractivity contribution >= 4 is 18.3 Å². The molecule has 21 heavy (non-hydrogen) atoms. The highest BCUT2D eigenvalue weighted by Gasteiger charge is 2.14. The molecule has 0 bridgehead atoms. The van der Waals surface area contributed by atoms with E-state index in [1.54, 1.807) is 7.11 Å². The Labute approximate surface area is 131 Å². The number of amides is 1. The van der Waals surface area contributed by atoms with Gasteiger partial charge in [-0.15, -0.1) is 12.4 Å². The summed E-state index contributed by atoms with van der Waals surface area (Å²) >= 11 is 0. The molecule has 0 aromatic heterocycles. The van der Waals surface area contributed by atoms with Gasteiger partial charge in [-0.1, -0.05) is 0 Å². The van der Waals surface area contributed by atoms with Gasteiger partial charge in [-0.3, -0.25) is 4.79 Å². The maximum Gasteiger partial charge on any atom is 0.239 e. The first-order valence-corrected chi connectivity index (χ1v) is 6.39. The monoisotopic (exact) mass is 318 g/mol. The lowest BCUT2D eigenvalue weighted by atomic mass is 10.3. The summed E-state index contributed by atoms with van der Waals surface area (Å²) in [7, 11) is 3.11. The van der Waals surface area contributed by atoms with E-state index in [0.29, 0.717) is 12.3 Å². The number of hydrogen-bond donors (Lipinski definition) is 2. The predicted molar refractivity (Wildman–Crippen MR) is 83.2 cm³/mol. The second-order valence-electron chi connectivity index (χ2n) is 4.41. The summed E-state index contributed by atoms with van der Waals surface area (Å²) in [5.41, 5.74) is 5.61. The first-order valence-electron chi connectivity index (χ1n) is 6.39. The van der Waals surface area contributed by atoms with Gasteiger partial charge in [0, 0.05) is 7.11 Å². The van der Waals surface area contributed by atoms with E-state index < -0.39 is 6.04 Å². The van der Waals surface area contributed by atoms with Crippen molar-refractivity contribution in [2.45, 2.75) is 19.1 Å². The second-order valence-corrected chi connectivity index (χ2v) is 4.41. The summed E-state index contributed by atoms with van der Waals surface area (Å²) < 4.78 is 15.5. The van der Waals surface area contributed by atoms with E-state index in [0.717, 1.165) is 5.75 Å². The molecule has 1 aromatic carbocycles. The molecule has 0 saturated heterocycles. The van der Waals surface area contributed by atoms with Crippen molar-refractivity contribution in [1.29, 1.82) is 0 Å². The average Bonchev–Trinajstić information content (AvgIpc) is 2.45. The number of methoxy groups -OCH3 is 2. The van der Waals surface area contributed by atoms with Crippen molar-refractivity contribution < 1.29 is 19.0 Å². The van der Waals surface area contributed by atoms with Crippen LogP contribution in [-0.4, -0.2) is 45.4 Å². The molecule has 1 amide bonds. The van der Waals surface area contributed by atoms with Crippen LogP contribution >= 0.6 is 12.4 Å². The minimum absolute atomic E-state index is 0. The van der Waals surface area contributed by atoms with E-state index in [2.05, 4.69) is 5.32 Å². The third kappa shape index (κ3) is 7.17. The van der Waals surface area contributed by atoms with E-state index in [1.165, 1.54) is 7.11 Å². The molecule has 0 fully saturated rings. The zero-order valence-electron chi connectivity index (χ0n) is 12.5. The molecule has 0 heterocycles. The normalized spacial score (nSPS) is 12.8. The van der Waals surface area contributed by atoms with Crippen LogP contribution in [0.25, 0.3) is 0 Å². The second kappa shape index (κ2) is 10.3. The minimum atomic E-state index is -0.659. The Morgan fingerprint density at radius 3 is 2.33 bits per heavy atom. The van der Waals surface area contributed by atoms with Crippen LogP contribution in [0.4, 0.5) is 0 Å². The fourth-order valence-electron chi connectivity index (χ4n) is 1.56. The first kappa shape index (κ1) is 19.5. The number of hydrogen-bond acceptors (Lipinski definition) is 5. The van der Waals surface area contributed by atoms with E-state index in [1.807, 2.05) is 31.2 Å². The summed E-state index contributed by atoms with van der Waals surface area (Å²) in [6.07, 6.45) is -0.165. The molecule has 0 radical (unpaired) electrons. The van der Waals surface area contributed by atoms with Crippen LogP contribution in [-0.2, 0) is 9.53 Å². The van der Waals surface area contributed by atoms with Crippen molar-refractivity contribution in [2.75, 3.05) is 27.4 Å². The lowest BCUT2D eigenvalue weighted by molar-refractivity contribution is -0.123. The van der Waals surface area contributed by atoms with Gasteiger partial charge in [0.25, 0.3) is 0 Å². The third-order valence-corrected chi connectivity index (χ3v) is 2.64. The number of ether oxygens (including phenoxy) is 3. The van der Waals surface area contributed by atoms with Crippen LogP contribution in [0.5, 0.6) is 11.5 Å². The highest BCUT2D eigenvalue weighted by molar-refractivity contribution is 5.85. The molecular formula is C14H23ClN2O4. The fraction of sp³-hybridized carbons (Fsp3) is 0.500. The van der Waals surface area contributed by atoms with Crippen LogP contribution in [0.15, 0.2) is 24.3 Å². The number of benzene rings is 1. The van der Waals surface area contributed by atoms with Crippen molar-refractivity contribution in [3.8, 4) is 11.5 Å². The molecule has 0 saturated carbocycles. The van der Waals surface area contributed by atoms with E-state index in [-0.39, 0.29) is 31.0 Å². The molecule has 120 valence electrons. The van der Waals surface area contributed by atoms with Gasteiger partial charge in [-0.25, -0.2) is 0 Å². The van der Waals surface area contributed by atoms with Gasteiger partial charge >= 0.3 is 0 Å². The number of halogens is 1. The zero-order chi connectivity index (χ0) is 15.0. The van der Waals surface area contributed by atoms with E-state index in [9.17, 15) is 4.79 Å². The predicted octanol–water partition coefficient (Wildman–Crippen LogP) is 0.974. The first-order chi connectivity index (χ1) is 9.56. The fourth-order valence-corrected chi connectivity index (χ4v) is 1.56. The van der Waals surface area contributed by atoms with Crippen molar-refractivity contribution in [2.24, 2.45) is 5.73 Å². The standard InChI is InChI=1S/C14H22N2O4.ClH/c1-10(8-16-14(17)13(15)9-18-2)20-12-6-4-11(19-3)5-7-12;/h4-7,10,13H,8-9,15H2,1-3H3,(H,16,17);1H. The number of nitrogens with two attached hydrogens (primary N) is 1.